The molecule has 11 heteroatoms. The number of aromatic nitrogens is 2. The van der Waals surface area contributed by atoms with Gasteiger partial charge in [0.25, 0.3) is 10.0 Å². The van der Waals surface area contributed by atoms with E-state index >= 15 is 0 Å². The van der Waals surface area contributed by atoms with Crippen LogP contribution in [0.15, 0.2) is 66.1 Å². The fourth-order valence-electron chi connectivity index (χ4n) is 3.34. The minimum Gasteiger partial charge on any atom is -0.406 e. The predicted octanol–water partition coefficient (Wildman–Crippen LogP) is 3.68. The Morgan fingerprint density at radius 1 is 1.17 bits per heavy atom. The van der Waals surface area contributed by atoms with Crippen molar-refractivity contribution in [2.24, 2.45) is 7.05 Å². The van der Waals surface area contributed by atoms with E-state index in [4.69, 9.17) is 0 Å². The van der Waals surface area contributed by atoms with Gasteiger partial charge in [0, 0.05) is 30.6 Å². The number of ether oxygens (including phenoxy) is 1. The van der Waals surface area contributed by atoms with E-state index in [0.717, 1.165) is 0 Å². The van der Waals surface area contributed by atoms with Crippen LogP contribution in [0.1, 0.15) is 11.6 Å². The lowest BCUT2D eigenvalue weighted by Crippen LogP contribution is -2.31. The molecule has 1 unspecified atom stereocenters. The maximum atomic E-state index is 13.1. The summed E-state index contributed by atoms with van der Waals surface area (Å²) in [6.07, 6.45) is -1.99. The molecular formula is C19H17F3N4O3S. The number of halogens is 3. The van der Waals surface area contributed by atoms with Crippen molar-refractivity contribution in [2.45, 2.75) is 17.4 Å². The van der Waals surface area contributed by atoms with Gasteiger partial charge in [-0.1, -0.05) is 24.3 Å². The second-order valence-corrected chi connectivity index (χ2v) is 8.55. The summed E-state index contributed by atoms with van der Waals surface area (Å²) in [6, 6.07) is 11.9. The first-order valence-corrected chi connectivity index (χ1v) is 10.3. The molecule has 1 aliphatic rings. The number of nitrogens with zero attached hydrogens (tertiary/aromatic N) is 3. The molecule has 0 aliphatic carbocycles. The molecule has 1 N–H and O–H groups in total. The number of anilines is 2. The molecule has 0 bridgehead atoms. The van der Waals surface area contributed by atoms with E-state index < -0.39 is 22.4 Å². The van der Waals surface area contributed by atoms with Crippen LogP contribution in [-0.4, -0.2) is 30.9 Å². The maximum Gasteiger partial charge on any atom is 0.573 e. The van der Waals surface area contributed by atoms with Crippen molar-refractivity contribution in [3.8, 4) is 5.75 Å². The molecule has 2 aromatic carbocycles. The molecule has 1 atom stereocenters. The first-order chi connectivity index (χ1) is 14.1. The van der Waals surface area contributed by atoms with Gasteiger partial charge in [0.1, 0.15) is 5.75 Å². The van der Waals surface area contributed by atoms with E-state index in [0.29, 0.717) is 16.9 Å². The Hall–Kier alpha value is -3.21. The smallest absolute Gasteiger partial charge is 0.406 e. The standard InChI is InChI=1S/C19H17F3N4O3S/c1-25-11-18(23-12-25)30(27,28)26-10-16(15-7-2-3-8-17(15)26)24-13-5-4-6-14(9-13)29-19(20,21)22/h2-9,11-12,16,24H,10H2,1H3. The zero-order valence-corrected chi connectivity index (χ0v) is 16.5. The molecule has 4 rings (SSSR count). The summed E-state index contributed by atoms with van der Waals surface area (Å²) in [5.41, 5.74) is 1.57. The molecule has 7 nitrogen and oxygen atoms in total. The van der Waals surface area contributed by atoms with E-state index in [-0.39, 0.29) is 17.3 Å². The molecular weight excluding hydrogens is 421 g/mol. The van der Waals surface area contributed by atoms with Crippen LogP contribution < -0.4 is 14.4 Å². The van der Waals surface area contributed by atoms with Gasteiger partial charge in [0.05, 0.1) is 24.6 Å². The van der Waals surface area contributed by atoms with Gasteiger partial charge in [-0.2, -0.15) is 8.42 Å². The average molecular weight is 438 g/mol. The lowest BCUT2D eigenvalue weighted by atomic mass is 10.1. The zero-order chi connectivity index (χ0) is 21.5. The number of hydrogen-bond acceptors (Lipinski definition) is 5. The summed E-state index contributed by atoms with van der Waals surface area (Å²) in [5.74, 6) is -0.364. The van der Waals surface area contributed by atoms with Crippen LogP contribution in [-0.2, 0) is 17.1 Å². The highest BCUT2D eigenvalue weighted by molar-refractivity contribution is 7.92. The van der Waals surface area contributed by atoms with E-state index in [2.05, 4.69) is 15.0 Å². The minimum absolute atomic E-state index is 0.0581. The highest BCUT2D eigenvalue weighted by Crippen LogP contribution is 2.40. The lowest BCUT2D eigenvalue weighted by molar-refractivity contribution is -0.274. The summed E-state index contributed by atoms with van der Waals surface area (Å²) in [7, 11) is -2.23. The third kappa shape index (κ3) is 3.92. The van der Waals surface area contributed by atoms with Crippen molar-refractivity contribution in [2.75, 3.05) is 16.2 Å². The Morgan fingerprint density at radius 3 is 2.63 bits per heavy atom. The van der Waals surface area contributed by atoms with Gasteiger partial charge in [-0.15, -0.1) is 13.2 Å². The Bertz CT molecular complexity index is 1180. The third-order valence-corrected chi connectivity index (χ3v) is 6.24. The number of para-hydroxylation sites is 1. The van der Waals surface area contributed by atoms with Crippen molar-refractivity contribution in [3.05, 3.63) is 66.6 Å². The number of benzene rings is 2. The van der Waals surface area contributed by atoms with E-state index in [9.17, 15) is 21.6 Å². The molecule has 158 valence electrons. The minimum atomic E-state index is -4.80. The summed E-state index contributed by atoms with van der Waals surface area (Å²) >= 11 is 0. The second kappa shape index (κ2) is 7.24. The van der Waals surface area contributed by atoms with Gasteiger partial charge in [-0.25, -0.2) is 4.98 Å². The quantitative estimate of drug-likeness (QED) is 0.658. The van der Waals surface area contributed by atoms with Crippen LogP contribution in [0.25, 0.3) is 0 Å². The number of rotatable bonds is 5. The summed E-state index contributed by atoms with van der Waals surface area (Å²) < 4.78 is 70.4. The topological polar surface area (TPSA) is 76.5 Å². The Morgan fingerprint density at radius 2 is 1.93 bits per heavy atom. The van der Waals surface area contributed by atoms with Crippen molar-refractivity contribution >= 4 is 21.4 Å². The van der Waals surface area contributed by atoms with Crippen LogP contribution in [0.3, 0.4) is 0 Å². The first-order valence-electron chi connectivity index (χ1n) is 8.85. The molecule has 2 heterocycles. The van der Waals surface area contributed by atoms with Crippen LogP contribution in [0.5, 0.6) is 5.75 Å². The van der Waals surface area contributed by atoms with Crippen LogP contribution in [0.2, 0.25) is 0 Å². The Labute approximate surface area is 170 Å². The molecule has 1 aliphatic heterocycles. The fourth-order valence-corrected chi connectivity index (χ4v) is 4.82. The van der Waals surface area contributed by atoms with Gasteiger partial charge in [-0.05, 0) is 18.2 Å². The Kier molecular flexibility index (Phi) is 4.85. The molecule has 3 aromatic rings. The van der Waals surface area contributed by atoms with E-state index in [1.807, 2.05) is 0 Å². The van der Waals surface area contributed by atoms with Gasteiger partial charge >= 0.3 is 6.36 Å². The normalized spacial score (nSPS) is 16.4. The van der Waals surface area contributed by atoms with E-state index in [1.54, 1.807) is 37.4 Å². The third-order valence-electron chi connectivity index (χ3n) is 4.57. The first kappa shape index (κ1) is 20.1. The van der Waals surface area contributed by atoms with Crippen molar-refractivity contribution < 1.29 is 26.3 Å². The number of imidazole rings is 1. The van der Waals surface area contributed by atoms with Gasteiger partial charge in [-0.3, -0.25) is 4.31 Å². The average Bonchev–Trinajstić information content (AvgIpc) is 3.26. The van der Waals surface area contributed by atoms with E-state index in [1.165, 1.54) is 39.6 Å². The lowest BCUT2D eigenvalue weighted by Gasteiger charge is -2.19. The molecule has 0 radical (unpaired) electrons. The SMILES string of the molecule is Cn1cnc(S(=O)(=O)N2CC(Nc3cccc(OC(F)(F)F)c3)c3ccccc32)c1. The molecule has 0 amide bonds. The van der Waals surface area contributed by atoms with Crippen LogP contribution >= 0.6 is 0 Å². The van der Waals surface area contributed by atoms with Crippen molar-refractivity contribution in [1.82, 2.24) is 9.55 Å². The molecule has 0 saturated heterocycles. The van der Waals surface area contributed by atoms with Crippen LogP contribution in [0.4, 0.5) is 24.5 Å². The second-order valence-electron chi connectivity index (χ2n) is 6.74. The number of fused-ring (bicyclic) bond motifs is 1. The predicted molar refractivity (Wildman–Crippen MR) is 104 cm³/mol. The summed E-state index contributed by atoms with van der Waals surface area (Å²) in [6.45, 7) is 0.0581. The molecule has 0 spiro atoms. The van der Waals surface area contributed by atoms with Gasteiger partial charge in [0.2, 0.25) is 0 Å². The van der Waals surface area contributed by atoms with Gasteiger partial charge in [0.15, 0.2) is 5.03 Å². The number of alkyl halides is 3. The highest BCUT2D eigenvalue weighted by Gasteiger charge is 2.37. The summed E-state index contributed by atoms with van der Waals surface area (Å²) in [4.78, 5) is 3.95. The maximum absolute atomic E-state index is 13.1. The summed E-state index contributed by atoms with van der Waals surface area (Å²) in [5, 5.41) is 3.02. The molecule has 1 aromatic heterocycles. The van der Waals surface area contributed by atoms with Crippen molar-refractivity contribution in [1.29, 1.82) is 0 Å². The Balaban J connectivity index is 1.63. The monoisotopic (exact) mass is 438 g/mol. The number of aryl methyl sites for hydroxylation is 1. The van der Waals surface area contributed by atoms with Crippen molar-refractivity contribution in [3.63, 3.8) is 0 Å². The molecule has 30 heavy (non-hydrogen) atoms. The molecule has 0 fully saturated rings. The van der Waals surface area contributed by atoms with Gasteiger partial charge < -0.3 is 14.6 Å². The number of hydrogen-bond donors (Lipinski definition) is 1. The fraction of sp³-hybridized carbons (Fsp3) is 0.211. The zero-order valence-electron chi connectivity index (χ0n) is 15.7. The van der Waals surface area contributed by atoms with Crippen LogP contribution in [0, 0.1) is 0 Å². The molecule has 0 saturated carbocycles. The largest absolute Gasteiger partial charge is 0.573 e. The number of nitrogens with one attached hydrogen (secondary N) is 1. The highest BCUT2D eigenvalue weighted by atomic mass is 32.2. The number of sulfonamides is 1.